The van der Waals surface area contributed by atoms with E-state index >= 15 is 0 Å². The van der Waals surface area contributed by atoms with Gasteiger partial charge in [-0.1, -0.05) is 30.3 Å². The summed E-state index contributed by atoms with van der Waals surface area (Å²) in [6.07, 6.45) is 2.64. The number of aliphatic carboxylic acids is 1. The molecule has 10 heteroatoms. The predicted molar refractivity (Wildman–Crippen MR) is 151 cm³/mol. The van der Waals surface area contributed by atoms with E-state index in [1.165, 1.54) is 15.8 Å². The van der Waals surface area contributed by atoms with Crippen LogP contribution < -0.4 is 0 Å². The maximum Gasteiger partial charge on any atom is 0.317 e. The van der Waals surface area contributed by atoms with Crippen molar-refractivity contribution in [2.75, 3.05) is 45.8 Å². The highest BCUT2D eigenvalue weighted by atomic mass is 32.1. The lowest BCUT2D eigenvalue weighted by Gasteiger charge is -2.35. The fraction of sp³-hybridized carbons (Fsp3) is 0.379. The highest BCUT2D eigenvalue weighted by molar-refractivity contribution is 7.15. The van der Waals surface area contributed by atoms with Crippen LogP contribution in [0.4, 0.5) is 0 Å². The molecule has 0 saturated carbocycles. The van der Waals surface area contributed by atoms with Crippen molar-refractivity contribution >= 4 is 34.2 Å². The van der Waals surface area contributed by atoms with E-state index in [-0.39, 0.29) is 12.5 Å². The van der Waals surface area contributed by atoms with E-state index in [1.54, 1.807) is 11.3 Å². The number of fused-ring (bicyclic) bond motifs is 3. The number of rotatable bonds is 7. The fourth-order valence-corrected chi connectivity index (χ4v) is 6.71. The number of amides is 1. The quantitative estimate of drug-likeness (QED) is 0.382. The van der Waals surface area contributed by atoms with E-state index in [2.05, 4.69) is 34.6 Å². The summed E-state index contributed by atoms with van der Waals surface area (Å²) in [7, 11) is 0. The molecule has 1 saturated heterocycles. The second-order valence-corrected chi connectivity index (χ2v) is 11.4. The minimum atomic E-state index is -0.807. The van der Waals surface area contributed by atoms with E-state index in [9.17, 15) is 9.59 Å². The van der Waals surface area contributed by atoms with Gasteiger partial charge in [0.1, 0.15) is 10.7 Å². The Morgan fingerprint density at radius 1 is 0.974 bits per heavy atom. The molecule has 0 unspecified atom stereocenters. The molecule has 2 aliphatic heterocycles. The molecule has 3 aromatic heterocycles. The molecule has 6 rings (SSSR count). The van der Waals surface area contributed by atoms with Crippen LogP contribution in [0.5, 0.6) is 0 Å². The van der Waals surface area contributed by atoms with Crippen LogP contribution in [0.3, 0.4) is 0 Å². The van der Waals surface area contributed by atoms with Gasteiger partial charge < -0.3 is 14.6 Å². The van der Waals surface area contributed by atoms with Crippen LogP contribution in [0, 0.1) is 6.92 Å². The normalized spacial score (nSPS) is 16.5. The molecule has 0 spiro atoms. The molecule has 4 aromatic rings. The smallest absolute Gasteiger partial charge is 0.317 e. The summed E-state index contributed by atoms with van der Waals surface area (Å²) in [6, 6.07) is 14.4. The van der Waals surface area contributed by atoms with Crippen molar-refractivity contribution in [1.82, 2.24) is 29.2 Å². The summed E-state index contributed by atoms with van der Waals surface area (Å²) in [5.41, 5.74) is 5.55. The van der Waals surface area contributed by atoms with Gasteiger partial charge in [-0.25, -0.2) is 9.97 Å². The number of thiazole rings is 1. The largest absolute Gasteiger partial charge is 0.480 e. The highest BCUT2D eigenvalue weighted by Gasteiger charge is 2.29. The molecule has 202 valence electrons. The molecule has 9 nitrogen and oxygen atoms in total. The first kappa shape index (κ1) is 25.7. The molecule has 0 atom stereocenters. The molecule has 1 amide bonds. The standard InChI is InChI=1S/C29H32N6O3S/c1-20-25(39-29(31-20)21-6-3-2-4-7-21)17-35-24-16-34(11-9-22(24)23-8-5-10-30-28(23)35)26(36)18-32-12-14-33(15-13-32)19-27(37)38/h2-8,10H,9,11-19H2,1H3,(H,37,38). The van der Waals surface area contributed by atoms with Crippen LogP contribution in [0.2, 0.25) is 0 Å². The second-order valence-electron chi connectivity index (χ2n) is 10.3. The number of carboxylic acids is 1. The molecule has 1 aromatic carbocycles. The summed E-state index contributed by atoms with van der Waals surface area (Å²) >= 11 is 1.72. The number of piperazine rings is 1. The number of hydrogen-bond acceptors (Lipinski definition) is 7. The van der Waals surface area contributed by atoms with Gasteiger partial charge in [-0.05, 0) is 31.0 Å². The van der Waals surface area contributed by atoms with Crippen LogP contribution in [0.25, 0.3) is 21.6 Å². The Hall–Kier alpha value is -3.60. The van der Waals surface area contributed by atoms with Crippen molar-refractivity contribution in [2.45, 2.75) is 26.4 Å². The third-order valence-electron chi connectivity index (χ3n) is 7.76. The van der Waals surface area contributed by atoms with Gasteiger partial charge in [0.05, 0.1) is 31.9 Å². The molecular formula is C29H32N6O3S. The van der Waals surface area contributed by atoms with Crippen molar-refractivity contribution in [2.24, 2.45) is 0 Å². The molecule has 1 N–H and O–H groups in total. The Kier molecular flexibility index (Phi) is 7.16. The lowest BCUT2D eigenvalue weighted by molar-refractivity contribution is -0.139. The maximum atomic E-state index is 13.4. The Morgan fingerprint density at radius 3 is 2.46 bits per heavy atom. The van der Waals surface area contributed by atoms with Crippen molar-refractivity contribution in [1.29, 1.82) is 0 Å². The first-order valence-corrected chi connectivity index (χ1v) is 14.2. The zero-order valence-corrected chi connectivity index (χ0v) is 22.9. The van der Waals surface area contributed by atoms with Crippen molar-refractivity contribution in [3.63, 3.8) is 0 Å². The van der Waals surface area contributed by atoms with E-state index in [0.29, 0.717) is 52.4 Å². The van der Waals surface area contributed by atoms with E-state index in [1.807, 2.05) is 40.3 Å². The number of pyridine rings is 1. The first-order valence-electron chi connectivity index (χ1n) is 13.4. The van der Waals surface area contributed by atoms with Crippen molar-refractivity contribution < 1.29 is 14.7 Å². The van der Waals surface area contributed by atoms with Gasteiger partial charge in [-0.15, -0.1) is 11.3 Å². The Bertz CT molecular complexity index is 1510. The molecule has 0 aliphatic carbocycles. The number of carboxylic acid groups (broad SMARTS) is 1. The molecule has 39 heavy (non-hydrogen) atoms. The minimum absolute atomic E-state index is 0.0569. The van der Waals surface area contributed by atoms with E-state index < -0.39 is 5.97 Å². The summed E-state index contributed by atoms with van der Waals surface area (Å²) in [6.45, 7) is 7.16. The van der Waals surface area contributed by atoms with Crippen LogP contribution in [-0.4, -0.2) is 92.0 Å². The Balaban J connectivity index is 1.21. The third kappa shape index (κ3) is 5.32. The fourth-order valence-electron chi connectivity index (χ4n) is 5.65. The zero-order valence-electron chi connectivity index (χ0n) is 22.0. The molecule has 0 bridgehead atoms. The molecule has 0 radical (unpaired) electrons. The lowest BCUT2D eigenvalue weighted by Crippen LogP contribution is -2.51. The van der Waals surface area contributed by atoms with Crippen molar-refractivity contribution in [3.8, 4) is 10.6 Å². The van der Waals surface area contributed by atoms with E-state index in [0.717, 1.165) is 34.0 Å². The van der Waals surface area contributed by atoms with Gasteiger partial charge in [-0.2, -0.15) is 0 Å². The minimum Gasteiger partial charge on any atom is -0.480 e. The summed E-state index contributed by atoms with van der Waals surface area (Å²) in [5.74, 6) is -0.684. The van der Waals surface area contributed by atoms with Gasteiger partial charge in [0.25, 0.3) is 0 Å². The topological polar surface area (TPSA) is 94.8 Å². The summed E-state index contributed by atoms with van der Waals surface area (Å²) in [5, 5.41) is 11.2. The van der Waals surface area contributed by atoms with Crippen molar-refractivity contribution in [3.05, 3.63) is 70.5 Å². The Labute approximate surface area is 231 Å². The van der Waals surface area contributed by atoms with Gasteiger partial charge in [0.2, 0.25) is 5.91 Å². The number of aromatic nitrogens is 3. The highest BCUT2D eigenvalue weighted by Crippen LogP contribution is 2.33. The van der Waals surface area contributed by atoms with Gasteiger partial charge in [0.15, 0.2) is 0 Å². The van der Waals surface area contributed by atoms with Gasteiger partial charge >= 0.3 is 5.97 Å². The molecule has 2 aliphatic rings. The van der Waals surface area contributed by atoms with Gasteiger partial charge in [0, 0.05) is 60.4 Å². The summed E-state index contributed by atoms with van der Waals surface area (Å²) in [4.78, 5) is 41.2. The number of carbonyl (C=O) groups is 2. The molecule has 5 heterocycles. The predicted octanol–water partition coefficient (Wildman–Crippen LogP) is 3.10. The number of benzene rings is 1. The SMILES string of the molecule is Cc1nc(-c2ccccc2)sc1Cn1c2c(c3cccnc31)CCN(C(=O)CN1CCN(CC(=O)O)CC1)C2. The second kappa shape index (κ2) is 10.9. The Morgan fingerprint density at radius 2 is 1.72 bits per heavy atom. The summed E-state index contributed by atoms with van der Waals surface area (Å²) < 4.78 is 2.28. The molecule has 1 fully saturated rings. The number of carbonyl (C=O) groups excluding carboxylic acids is 1. The van der Waals surface area contributed by atoms with Crippen LogP contribution in [0.15, 0.2) is 48.7 Å². The average Bonchev–Trinajstić information content (AvgIpc) is 3.47. The van der Waals surface area contributed by atoms with E-state index in [4.69, 9.17) is 15.1 Å². The third-order valence-corrected chi connectivity index (χ3v) is 8.96. The number of nitrogens with zero attached hydrogens (tertiary/aromatic N) is 6. The first-order chi connectivity index (χ1) is 19.0. The van der Waals surface area contributed by atoms with Gasteiger partial charge in [-0.3, -0.25) is 19.4 Å². The van der Waals surface area contributed by atoms with Crippen LogP contribution >= 0.6 is 11.3 Å². The average molecular weight is 545 g/mol. The maximum absolute atomic E-state index is 13.4. The number of aryl methyl sites for hydroxylation is 1. The van der Waals surface area contributed by atoms with Crippen LogP contribution in [-0.2, 0) is 29.1 Å². The molecular weight excluding hydrogens is 512 g/mol. The van der Waals surface area contributed by atoms with Crippen LogP contribution in [0.1, 0.15) is 21.8 Å². The lowest BCUT2D eigenvalue weighted by atomic mass is 10.0. The monoisotopic (exact) mass is 544 g/mol. The zero-order chi connectivity index (χ0) is 26.9. The number of hydrogen-bond donors (Lipinski definition) is 1.